The van der Waals surface area contributed by atoms with Gasteiger partial charge in [0.25, 0.3) is 0 Å². The minimum atomic E-state index is -0.767. The largest absolute Gasteiger partial charge is 0.443 e. The average molecular weight is 500 g/mol. The molecule has 4 aliphatic heterocycles. The van der Waals surface area contributed by atoms with Crippen molar-refractivity contribution in [3.63, 3.8) is 0 Å². The van der Waals surface area contributed by atoms with Crippen molar-refractivity contribution in [1.29, 1.82) is 0 Å². The van der Waals surface area contributed by atoms with E-state index in [0.29, 0.717) is 24.7 Å². The summed E-state index contributed by atoms with van der Waals surface area (Å²) in [6.07, 6.45) is 6.41. The summed E-state index contributed by atoms with van der Waals surface area (Å²) >= 11 is 0. The van der Waals surface area contributed by atoms with Crippen LogP contribution in [0.1, 0.15) is 92.9 Å². The Morgan fingerprint density at radius 3 is 2.50 bits per heavy atom. The van der Waals surface area contributed by atoms with Crippen molar-refractivity contribution >= 4 is 11.8 Å². The van der Waals surface area contributed by atoms with Gasteiger partial charge in [0.15, 0.2) is 5.72 Å². The summed E-state index contributed by atoms with van der Waals surface area (Å²) in [5, 5.41) is 11.3. The first-order chi connectivity index (χ1) is 16.8. The minimum Gasteiger partial charge on any atom is -0.443 e. The van der Waals surface area contributed by atoms with Crippen LogP contribution in [0.2, 0.25) is 0 Å². The van der Waals surface area contributed by atoms with E-state index in [2.05, 4.69) is 46.4 Å². The van der Waals surface area contributed by atoms with Crippen LogP contribution in [-0.4, -0.2) is 52.0 Å². The van der Waals surface area contributed by atoms with Gasteiger partial charge in [0.2, 0.25) is 0 Å². The third-order valence-corrected chi connectivity index (χ3v) is 13.2. The highest BCUT2D eigenvalue weighted by molar-refractivity contribution is 5.88. The zero-order valence-electron chi connectivity index (χ0n) is 23.0. The molecule has 1 spiro atoms. The van der Waals surface area contributed by atoms with Crippen molar-refractivity contribution < 1.29 is 24.2 Å². The van der Waals surface area contributed by atoms with Crippen LogP contribution in [0.4, 0.5) is 0 Å². The predicted octanol–water partition coefficient (Wildman–Crippen LogP) is 4.53. The molecule has 3 aliphatic carbocycles. The highest BCUT2D eigenvalue weighted by Gasteiger charge is 2.82. The molecular formula is C30H45NO5. The van der Waals surface area contributed by atoms with Gasteiger partial charge in [0.05, 0.1) is 18.6 Å². The smallest absolute Gasteiger partial charge is 0.308 e. The number of Topliss-reactive ketones (excluding diaryl/α,β-unsaturated/α-hetero) is 1. The summed E-state index contributed by atoms with van der Waals surface area (Å²) in [5.41, 5.74) is -2.28. The van der Waals surface area contributed by atoms with E-state index in [4.69, 9.17) is 9.47 Å². The average Bonchev–Trinajstić information content (AvgIpc) is 3.04. The second kappa shape index (κ2) is 6.96. The number of ether oxygens (including phenoxy) is 2. The van der Waals surface area contributed by atoms with Crippen LogP contribution in [0, 0.1) is 51.8 Å². The first-order valence-corrected chi connectivity index (χ1v) is 14.7. The molecule has 0 aromatic heterocycles. The predicted molar refractivity (Wildman–Crippen MR) is 133 cm³/mol. The van der Waals surface area contributed by atoms with Crippen LogP contribution in [0.15, 0.2) is 0 Å². The van der Waals surface area contributed by atoms with Crippen LogP contribution < -0.4 is 0 Å². The molecule has 4 heterocycles. The van der Waals surface area contributed by atoms with Gasteiger partial charge in [-0.2, -0.15) is 0 Å². The van der Waals surface area contributed by atoms with E-state index < -0.39 is 17.2 Å². The number of fused-ring (bicyclic) bond motifs is 5. The second-order valence-electron chi connectivity index (χ2n) is 15.2. The maximum absolute atomic E-state index is 14.4. The van der Waals surface area contributed by atoms with Gasteiger partial charge in [-0.25, -0.2) is 4.90 Å². The molecule has 3 saturated carbocycles. The lowest BCUT2D eigenvalue weighted by Gasteiger charge is -2.77. The van der Waals surface area contributed by atoms with Gasteiger partial charge >= 0.3 is 5.97 Å². The lowest BCUT2D eigenvalue weighted by molar-refractivity contribution is -0.382. The molecule has 6 heteroatoms. The van der Waals surface area contributed by atoms with E-state index in [1.807, 2.05) is 0 Å². The van der Waals surface area contributed by atoms with E-state index in [1.54, 1.807) is 0 Å². The summed E-state index contributed by atoms with van der Waals surface area (Å²) < 4.78 is 13.5. The lowest BCUT2D eigenvalue weighted by atomic mass is 9.33. The molecule has 36 heavy (non-hydrogen) atoms. The van der Waals surface area contributed by atoms with Crippen molar-refractivity contribution in [3.05, 3.63) is 0 Å². The first-order valence-electron chi connectivity index (χ1n) is 14.7. The number of aliphatic hydroxyl groups is 1. The molecule has 4 saturated heterocycles. The summed E-state index contributed by atoms with van der Waals surface area (Å²) in [6.45, 7) is 14.4. The summed E-state index contributed by atoms with van der Waals surface area (Å²) in [5.74, 6) is 1.00. The third kappa shape index (κ3) is 2.52. The molecule has 7 aliphatic rings. The summed E-state index contributed by atoms with van der Waals surface area (Å²) in [7, 11) is 0. The second-order valence-corrected chi connectivity index (χ2v) is 15.2. The van der Waals surface area contributed by atoms with Crippen LogP contribution in [0.25, 0.3) is 0 Å². The van der Waals surface area contributed by atoms with E-state index >= 15 is 0 Å². The highest BCUT2D eigenvalue weighted by Crippen LogP contribution is 2.78. The Kier molecular flexibility index (Phi) is 4.65. The van der Waals surface area contributed by atoms with Crippen molar-refractivity contribution in [1.82, 2.24) is 4.90 Å². The molecule has 7 fully saturated rings. The van der Waals surface area contributed by atoms with Crippen LogP contribution in [-0.2, 0) is 19.1 Å². The van der Waals surface area contributed by atoms with Crippen LogP contribution in [0.5, 0.6) is 0 Å². The fourth-order valence-electron chi connectivity index (χ4n) is 11.9. The summed E-state index contributed by atoms with van der Waals surface area (Å²) in [4.78, 5) is 30.5. The highest BCUT2D eigenvalue weighted by atomic mass is 16.6. The zero-order valence-corrected chi connectivity index (χ0v) is 23.0. The minimum absolute atomic E-state index is 0.0117. The number of hydrogen-bond donors (Lipinski definition) is 1. The molecule has 6 nitrogen and oxygen atoms in total. The number of nitrogens with zero attached hydrogens (tertiary/aromatic N) is 1. The summed E-state index contributed by atoms with van der Waals surface area (Å²) in [6, 6.07) is 0. The number of aliphatic hydroxyl groups excluding tert-OH is 1. The number of rotatable bonds is 0. The van der Waals surface area contributed by atoms with Gasteiger partial charge in [-0.15, -0.1) is 0 Å². The first kappa shape index (κ1) is 24.1. The van der Waals surface area contributed by atoms with Gasteiger partial charge in [0.1, 0.15) is 11.5 Å². The maximum atomic E-state index is 14.4. The van der Waals surface area contributed by atoms with Crippen molar-refractivity contribution in [2.75, 3.05) is 6.54 Å². The molecule has 7 rings (SSSR count). The molecule has 0 aromatic rings. The maximum Gasteiger partial charge on any atom is 0.308 e. The Balaban J connectivity index is 1.44. The quantitative estimate of drug-likeness (QED) is 0.494. The molecule has 0 amide bonds. The molecule has 13 atom stereocenters. The molecule has 1 N–H and O–H groups in total. The number of carbonyl (C=O) groups is 2. The van der Waals surface area contributed by atoms with Gasteiger partial charge < -0.3 is 14.6 Å². The van der Waals surface area contributed by atoms with Crippen LogP contribution in [0.3, 0.4) is 0 Å². The lowest BCUT2D eigenvalue weighted by Crippen LogP contribution is -2.83. The number of hydrogen-bond acceptors (Lipinski definition) is 6. The van der Waals surface area contributed by atoms with Gasteiger partial charge in [-0.1, -0.05) is 41.5 Å². The fraction of sp³-hybridized carbons (Fsp3) is 0.933. The van der Waals surface area contributed by atoms with E-state index in [9.17, 15) is 14.7 Å². The molecule has 0 aromatic carbocycles. The molecule has 200 valence electrons. The van der Waals surface area contributed by atoms with Crippen molar-refractivity contribution in [3.8, 4) is 0 Å². The number of carbonyl (C=O) groups excluding carboxylic acids is 2. The standard InChI is InChI=1S/C30H45NO5/c1-16-10-20-23(21(32)11-16)18(3)24(34)25-26(20,4)15-30-28(6,27(25,5)13-22(33)36-30)7-8-29-12-17(2)9-19(35-29)14-31(29)30/h16-21,23,25,32H,7-15H2,1-6H3/t16?,17-,18+,19+,20+,21-,23-,25-,26-,27-,28-,29-,30+/m0/s1. The monoisotopic (exact) mass is 499 g/mol. The van der Waals surface area contributed by atoms with E-state index in [0.717, 1.165) is 45.1 Å². The molecule has 1 unspecified atom stereocenters. The number of ketones is 1. The Bertz CT molecular complexity index is 1030. The molecule has 0 radical (unpaired) electrons. The topological polar surface area (TPSA) is 76.1 Å². The van der Waals surface area contributed by atoms with E-state index in [-0.39, 0.29) is 58.1 Å². The fourth-order valence-corrected chi connectivity index (χ4v) is 11.9. The van der Waals surface area contributed by atoms with Gasteiger partial charge in [-0.3, -0.25) is 9.59 Å². The third-order valence-electron chi connectivity index (χ3n) is 13.2. The normalized spacial score (nSPS) is 62.0. The van der Waals surface area contributed by atoms with Crippen molar-refractivity contribution in [2.45, 2.75) is 117 Å². The Labute approximate surface area is 215 Å². The van der Waals surface area contributed by atoms with Gasteiger partial charge in [0, 0.05) is 30.2 Å². The van der Waals surface area contributed by atoms with Gasteiger partial charge in [-0.05, 0) is 73.0 Å². The Morgan fingerprint density at radius 2 is 1.75 bits per heavy atom. The van der Waals surface area contributed by atoms with Crippen LogP contribution >= 0.6 is 0 Å². The molecule has 4 bridgehead atoms. The molecular weight excluding hydrogens is 454 g/mol. The van der Waals surface area contributed by atoms with Crippen molar-refractivity contribution in [2.24, 2.45) is 51.8 Å². The Morgan fingerprint density at radius 1 is 1.00 bits per heavy atom. The van der Waals surface area contributed by atoms with E-state index in [1.165, 1.54) is 0 Å². The Hall–Kier alpha value is -0.980. The number of piperidine rings is 1. The number of esters is 1. The SMILES string of the molecule is CC1C[C@@H]2[C@@H]([C@@H](O)C1)[C@@H](C)C(=O)[C@H]1[C@@]2(C)C[C@@]23OC(=O)C[C@]1(C)[C@]2(C)CC[C@]12C[C@@H](C)C[C@H](CN13)O2. The zero-order chi connectivity index (χ0) is 25.6.